The number of ether oxygens (including phenoxy) is 1. The number of carbonyl (C=O) groups is 1. The number of anilines is 1. The minimum absolute atomic E-state index is 0.172. The lowest BCUT2D eigenvalue weighted by molar-refractivity contribution is -0.118. The van der Waals surface area contributed by atoms with Crippen molar-refractivity contribution in [3.05, 3.63) is 83.7 Å². The van der Waals surface area contributed by atoms with Gasteiger partial charge in [-0.2, -0.15) is 4.98 Å². The van der Waals surface area contributed by atoms with Gasteiger partial charge in [-0.05, 0) is 61.9 Å². The molecule has 6 nitrogen and oxygen atoms in total. The van der Waals surface area contributed by atoms with Crippen LogP contribution in [0.15, 0.2) is 71.3 Å². The van der Waals surface area contributed by atoms with Gasteiger partial charge in [0, 0.05) is 16.8 Å². The third-order valence-corrected chi connectivity index (χ3v) is 4.67. The van der Waals surface area contributed by atoms with Gasteiger partial charge in [0.15, 0.2) is 6.61 Å². The molecule has 1 aromatic heterocycles. The van der Waals surface area contributed by atoms with E-state index in [4.69, 9.17) is 9.26 Å². The van der Waals surface area contributed by atoms with Crippen molar-refractivity contribution in [3.63, 3.8) is 0 Å². The van der Waals surface area contributed by atoms with Gasteiger partial charge < -0.3 is 14.6 Å². The monoisotopic (exact) mass is 417 g/mol. The molecule has 0 aliphatic carbocycles. The topological polar surface area (TPSA) is 77.2 Å². The van der Waals surface area contributed by atoms with Crippen LogP contribution >= 0.6 is 0 Å². The third kappa shape index (κ3) is 4.95. The first-order valence-electron chi connectivity index (χ1n) is 9.68. The van der Waals surface area contributed by atoms with E-state index in [0.717, 1.165) is 16.7 Å². The van der Waals surface area contributed by atoms with Crippen LogP contribution < -0.4 is 10.1 Å². The molecule has 0 radical (unpaired) electrons. The van der Waals surface area contributed by atoms with Crippen LogP contribution in [0.5, 0.6) is 5.75 Å². The van der Waals surface area contributed by atoms with Crippen molar-refractivity contribution in [1.82, 2.24) is 10.1 Å². The van der Waals surface area contributed by atoms with Crippen LogP contribution in [-0.2, 0) is 4.79 Å². The maximum atomic E-state index is 13.2. The highest BCUT2D eigenvalue weighted by Crippen LogP contribution is 2.24. The normalized spacial score (nSPS) is 10.7. The van der Waals surface area contributed by atoms with Crippen LogP contribution in [0, 0.1) is 19.7 Å². The van der Waals surface area contributed by atoms with E-state index in [9.17, 15) is 9.18 Å². The zero-order chi connectivity index (χ0) is 21.8. The first kappa shape index (κ1) is 20.3. The number of amides is 1. The molecule has 0 saturated heterocycles. The van der Waals surface area contributed by atoms with E-state index in [2.05, 4.69) is 15.5 Å². The molecule has 0 spiro atoms. The lowest BCUT2D eigenvalue weighted by Crippen LogP contribution is -2.20. The lowest BCUT2D eigenvalue weighted by Gasteiger charge is -2.09. The number of carbonyl (C=O) groups excluding carboxylic acids is 1. The van der Waals surface area contributed by atoms with Crippen molar-refractivity contribution in [2.45, 2.75) is 13.8 Å². The van der Waals surface area contributed by atoms with E-state index in [0.29, 0.717) is 28.7 Å². The van der Waals surface area contributed by atoms with Gasteiger partial charge in [-0.3, -0.25) is 4.79 Å². The van der Waals surface area contributed by atoms with Gasteiger partial charge in [0.25, 0.3) is 11.8 Å². The lowest BCUT2D eigenvalue weighted by atomic mass is 10.1. The minimum Gasteiger partial charge on any atom is -0.484 e. The molecule has 0 fully saturated rings. The Bertz CT molecular complexity index is 1200. The highest BCUT2D eigenvalue weighted by Gasteiger charge is 2.11. The van der Waals surface area contributed by atoms with E-state index >= 15 is 0 Å². The number of hydrogen-bond acceptors (Lipinski definition) is 5. The highest BCUT2D eigenvalue weighted by atomic mass is 19.1. The predicted molar refractivity (Wildman–Crippen MR) is 115 cm³/mol. The van der Waals surface area contributed by atoms with Crippen molar-refractivity contribution in [2.75, 3.05) is 11.9 Å². The molecule has 0 unspecified atom stereocenters. The molecule has 4 aromatic rings. The molecule has 0 aliphatic heterocycles. The second kappa shape index (κ2) is 8.79. The van der Waals surface area contributed by atoms with E-state index in [-0.39, 0.29) is 18.3 Å². The third-order valence-electron chi connectivity index (χ3n) is 4.67. The first-order chi connectivity index (χ1) is 15.0. The second-order valence-electron chi connectivity index (χ2n) is 7.11. The van der Waals surface area contributed by atoms with Crippen LogP contribution in [0.25, 0.3) is 22.8 Å². The zero-order valence-electron chi connectivity index (χ0n) is 17.1. The molecule has 3 aromatic carbocycles. The molecule has 1 N–H and O–H groups in total. The zero-order valence-corrected chi connectivity index (χ0v) is 17.1. The summed E-state index contributed by atoms with van der Waals surface area (Å²) in [6.45, 7) is 3.57. The largest absolute Gasteiger partial charge is 0.484 e. The summed E-state index contributed by atoms with van der Waals surface area (Å²) in [7, 11) is 0. The summed E-state index contributed by atoms with van der Waals surface area (Å²) in [5.74, 6) is 0.750. The summed E-state index contributed by atoms with van der Waals surface area (Å²) in [6, 6.07) is 19.1. The average Bonchev–Trinajstić information content (AvgIpc) is 3.25. The van der Waals surface area contributed by atoms with E-state index in [1.807, 2.05) is 31.2 Å². The molecule has 1 amide bonds. The van der Waals surface area contributed by atoms with Gasteiger partial charge in [-0.25, -0.2) is 4.39 Å². The fourth-order valence-corrected chi connectivity index (χ4v) is 2.96. The van der Waals surface area contributed by atoms with Crippen molar-refractivity contribution < 1.29 is 18.4 Å². The summed E-state index contributed by atoms with van der Waals surface area (Å²) < 4.78 is 24.1. The molecule has 1 heterocycles. The number of benzene rings is 3. The Hall–Kier alpha value is -4.00. The molecular weight excluding hydrogens is 397 g/mol. The van der Waals surface area contributed by atoms with Gasteiger partial charge in [0.1, 0.15) is 11.6 Å². The number of hydrogen-bond donors (Lipinski definition) is 1. The van der Waals surface area contributed by atoms with Gasteiger partial charge in [0.2, 0.25) is 5.82 Å². The summed E-state index contributed by atoms with van der Waals surface area (Å²) in [4.78, 5) is 16.5. The second-order valence-corrected chi connectivity index (χ2v) is 7.11. The molecule has 7 heteroatoms. The number of aromatic nitrogens is 2. The molecule has 0 saturated carbocycles. The Morgan fingerprint density at radius 3 is 2.42 bits per heavy atom. The van der Waals surface area contributed by atoms with Crippen LogP contribution in [0.1, 0.15) is 11.1 Å². The Labute approximate surface area is 178 Å². The molecule has 0 aliphatic rings. The van der Waals surface area contributed by atoms with Crippen molar-refractivity contribution in [3.8, 4) is 28.6 Å². The maximum Gasteiger partial charge on any atom is 0.262 e. The van der Waals surface area contributed by atoms with Gasteiger partial charge in [-0.15, -0.1) is 0 Å². The summed E-state index contributed by atoms with van der Waals surface area (Å²) in [6.07, 6.45) is 0. The first-order valence-corrected chi connectivity index (χ1v) is 9.68. The fourth-order valence-electron chi connectivity index (χ4n) is 2.96. The Balaban J connectivity index is 1.36. The smallest absolute Gasteiger partial charge is 0.262 e. The predicted octanol–water partition coefficient (Wildman–Crippen LogP) is 5.18. The quantitative estimate of drug-likeness (QED) is 0.468. The van der Waals surface area contributed by atoms with Crippen molar-refractivity contribution in [2.24, 2.45) is 0 Å². The van der Waals surface area contributed by atoms with Crippen molar-refractivity contribution in [1.29, 1.82) is 0 Å². The SMILES string of the molecule is Cc1ccc(-c2noc(-c3ccc(OCC(=O)Nc4ccc(F)cc4C)cc3)n2)cc1. The van der Waals surface area contributed by atoms with Crippen LogP contribution in [-0.4, -0.2) is 22.7 Å². The molecule has 0 bridgehead atoms. The number of rotatable bonds is 6. The number of aryl methyl sites for hydroxylation is 2. The van der Waals surface area contributed by atoms with Gasteiger partial charge >= 0.3 is 0 Å². The maximum absolute atomic E-state index is 13.2. The van der Waals surface area contributed by atoms with E-state index < -0.39 is 0 Å². The Morgan fingerprint density at radius 1 is 1.00 bits per heavy atom. The Kier molecular flexibility index (Phi) is 5.75. The molecule has 0 atom stereocenters. The molecular formula is C24H20FN3O3. The highest BCUT2D eigenvalue weighted by molar-refractivity contribution is 5.92. The van der Waals surface area contributed by atoms with Gasteiger partial charge in [-0.1, -0.05) is 35.0 Å². The number of nitrogens with one attached hydrogen (secondary N) is 1. The average molecular weight is 417 g/mol. The standard InChI is InChI=1S/C24H20FN3O3/c1-15-3-5-17(6-4-15)23-27-24(31-28-23)18-7-10-20(11-8-18)30-14-22(29)26-21-12-9-19(25)13-16(21)2/h3-13H,14H2,1-2H3,(H,26,29). The molecule has 4 rings (SSSR count). The number of halogens is 1. The molecule has 156 valence electrons. The van der Waals surface area contributed by atoms with Crippen molar-refractivity contribution >= 4 is 11.6 Å². The van der Waals surface area contributed by atoms with Gasteiger partial charge in [0.05, 0.1) is 0 Å². The summed E-state index contributed by atoms with van der Waals surface area (Å²) in [5, 5.41) is 6.74. The Morgan fingerprint density at radius 2 is 1.71 bits per heavy atom. The van der Waals surface area contributed by atoms with E-state index in [1.54, 1.807) is 31.2 Å². The van der Waals surface area contributed by atoms with Crippen LogP contribution in [0.4, 0.5) is 10.1 Å². The van der Waals surface area contributed by atoms with Crippen LogP contribution in [0.3, 0.4) is 0 Å². The summed E-state index contributed by atoms with van der Waals surface area (Å²) >= 11 is 0. The fraction of sp³-hybridized carbons (Fsp3) is 0.125. The van der Waals surface area contributed by atoms with E-state index in [1.165, 1.54) is 18.2 Å². The number of nitrogens with zero attached hydrogens (tertiary/aromatic N) is 2. The minimum atomic E-state index is -0.348. The summed E-state index contributed by atoms with van der Waals surface area (Å²) in [5.41, 5.74) is 3.96. The van der Waals surface area contributed by atoms with Crippen LogP contribution in [0.2, 0.25) is 0 Å². The molecule has 31 heavy (non-hydrogen) atoms.